The number of Topliss-reactive ketones (excluding diaryl/α,β-unsaturated/α-hetero) is 1. The molecular formula is C21H23F3N2O. The summed E-state index contributed by atoms with van der Waals surface area (Å²) in [4.78, 5) is 16.8. The molecule has 0 spiro atoms. The van der Waals surface area contributed by atoms with Crippen molar-refractivity contribution in [3.8, 4) is 0 Å². The standard InChI is InChI=1S/C21H23F3N2O/c22-21(23,24)19-9-5-4-8-18(19)20(27)10-11-25-12-14-26(15-13-25)16-17-6-2-1-3-7-17/h1-9H,10-16H2. The van der Waals surface area contributed by atoms with Gasteiger partial charge in [0.2, 0.25) is 0 Å². The Morgan fingerprint density at radius 2 is 1.44 bits per heavy atom. The Hall–Kier alpha value is -2.18. The molecule has 1 saturated heterocycles. The average Bonchev–Trinajstić information content (AvgIpc) is 2.67. The van der Waals surface area contributed by atoms with Crippen LogP contribution in [0, 0.1) is 0 Å². The third-order valence-electron chi connectivity index (χ3n) is 4.90. The number of piperazine rings is 1. The number of carbonyl (C=O) groups excluding carboxylic acids is 1. The summed E-state index contributed by atoms with van der Waals surface area (Å²) < 4.78 is 39.2. The van der Waals surface area contributed by atoms with Gasteiger partial charge < -0.3 is 4.90 Å². The molecule has 0 atom stereocenters. The van der Waals surface area contributed by atoms with Crippen molar-refractivity contribution in [3.05, 3.63) is 71.3 Å². The van der Waals surface area contributed by atoms with Crippen LogP contribution in [0.4, 0.5) is 13.2 Å². The van der Waals surface area contributed by atoms with Crippen molar-refractivity contribution < 1.29 is 18.0 Å². The summed E-state index contributed by atoms with van der Waals surface area (Å²) in [6.45, 7) is 4.81. The molecule has 0 unspecified atom stereocenters. The molecule has 3 rings (SSSR count). The lowest BCUT2D eigenvalue weighted by atomic mass is 10.0. The van der Waals surface area contributed by atoms with Crippen LogP contribution in [0.3, 0.4) is 0 Å². The van der Waals surface area contributed by atoms with Gasteiger partial charge in [-0.3, -0.25) is 9.69 Å². The van der Waals surface area contributed by atoms with Gasteiger partial charge in [-0.1, -0.05) is 48.5 Å². The molecule has 0 aromatic heterocycles. The number of ketones is 1. The van der Waals surface area contributed by atoms with Gasteiger partial charge in [-0.25, -0.2) is 0 Å². The Morgan fingerprint density at radius 3 is 2.11 bits per heavy atom. The van der Waals surface area contributed by atoms with Gasteiger partial charge in [0.05, 0.1) is 5.56 Å². The third-order valence-corrected chi connectivity index (χ3v) is 4.90. The molecule has 144 valence electrons. The van der Waals surface area contributed by atoms with E-state index in [-0.39, 0.29) is 12.0 Å². The van der Waals surface area contributed by atoms with E-state index in [0.717, 1.165) is 38.8 Å². The normalized spacial score (nSPS) is 16.4. The first-order valence-corrected chi connectivity index (χ1v) is 9.11. The van der Waals surface area contributed by atoms with Crippen molar-refractivity contribution in [2.45, 2.75) is 19.1 Å². The van der Waals surface area contributed by atoms with Crippen LogP contribution in [0.1, 0.15) is 27.9 Å². The van der Waals surface area contributed by atoms with E-state index >= 15 is 0 Å². The minimum atomic E-state index is -4.50. The maximum atomic E-state index is 13.1. The maximum Gasteiger partial charge on any atom is 0.417 e. The number of rotatable bonds is 6. The third kappa shape index (κ3) is 5.40. The van der Waals surface area contributed by atoms with Gasteiger partial charge in [0.1, 0.15) is 0 Å². The molecule has 0 radical (unpaired) electrons. The first-order valence-electron chi connectivity index (χ1n) is 9.11. The predicted molar refractivity (Wildman–Crippen MR) is 98.6 cm³/mol. The molecule has 1 fully saturated rings. The van der Waals surface area contributed by atoms with Crippen LogP contribution >= 0.6 is 0 Å². The second kappa shape index (κ2) is 8.67. The van der Waals surface area contributed by atoms with Crippen molar-refractivity contribution in [1.29, 1.82) is 0 Å². The van der Waals surface area contributed by atoms with Crippen LogP contribution in [0.2, 0.25) is 0 Å². The largest absolute Gasteiger partial charge is 0.417 e. The highest BCUT2D eigenvalue weighted by Gasteiger charge is 2.34. The first-order chi connectivity index (χ1) is 12.9. The fourth-order valence-corrected chi connectivity index (χ4v) is 3.38. The molecule has 0 aliphatic carbocycles. The summed E-state index contributed by atoms with van der Waals surface area (Å²) in [5.74, 6) is -0.449. The molecule has 1 aliphatic rings. The number of hydrogen-bond donors (Lipinski definition) is 0. The van der Waals surface area contributed by atoms with E-state index in [0.29, 0.717) is 6.54 Å². The molecule has 2 aromatic rings. The number of alkyl halides is 3. The Balaban J connectivity index is 1.49. The Labute approximate surface area is 157 Å². The van der Waals surface area contributed by atoms with Crippen molar-refractivity contribution in [2.24, 2.45) is 0 Å². The van der Waals surface area contributed by atoms with Gasteiger partial charge in [-0.05, 0) is 11.6 Å². The van der Waals surface area contributed by atoms with Gasteiger partial charge in [-0.2, -0.15) is 13.2 Å². The predicted octanol–water partition coefficient (Wildman–Crippen LogP) is 4.10. The summed E-state index contributed by atoms with van der Waals surface area (Å²) in [6, 6.07) is 15.3. The van der Waals surface area contributed by atoms with Crippen LogP contribution in [0.15, 0.2) is 54.6 Å². The molecule has 1 aliphatic heterocycles. The lowest BCUT2D eigenvalue weighted by Gasteiger charge is -2.34. The monoisotopic (exact) mass is 376 g/mol. The van der Waals surface area contributed by atoms with Crippen molar-refractivity contribution in [1.82, 2.24) is 9.80 Å². The summed E-state index contributed by atoms with van der Waals surface area (Å²) >= 11 is 0. The van der Waals surface area contributed by atoms with Crippen LogP contribution in [-0.2, 0) is 12.7 Å². The van der Waals surface area contributed by atoms with E-state index in [2.05, 4.69) is 21.9 Å². The summed E-state index contributed by atoms with van der Waals surface area (Å²) in [5.41, 5.74) is 0.195. The van der Waals surface area contributed by atoms with E-state index < -0.39 is 17.5 Å². The highest BCUT2D eigenvalue weighted by atomic mass is 19.4. The zero-order valence-corrected chi connectivity index (χ0v) is 15.1. The van der Waals surface area contributed by atoms with E-state index in [1.807, 2.05) is 18.2 Å². The van der Waals surface area contributed by atoms with Crippen molar-refractivity contribution in [2.75, 3.05) is 32.7 Å². The second-order valence-corrected chi connectivity index (χ2v) is 6.82. The average molecular weight is 376 g/mol. The second-order valence-electron chi connectivity index (χ2n) is 6.82. The highest BCUT2D eigenvalue weighted by Crippen LogP contribution is 2.32. The molecule has 0 saturated carbocycles. The SMILES string of the molecule is O=C(CCN1CCN(Cc2ccccc2)CC1)c1ccccc1C(F)(F)F. The number of benzene rings is 2. The topological polar surface area (TPSA) is 23.6 Å². The fourth-order valence-electron chi connectivity index (χ4n) is 3.38. The van der Waals surface area contributed by atoms with Crippen LogP contribution < -0.4 is 0 Å². The van der Waals surface area contributed by atoms with E-state index in [1.54, 1.807) is 0 Å². The minimum Gasteiger partial charge on any atom is -0.300 e. The van der Waals surface area contributed by atoms with E-state index in [4.69, 9.17) is 0 Å². The van der Waals surface area contributed by atoms with Gasteiger partial charge in [0, 0.05) is 51.3 Å². The van der Waals surface area contributed by atoms with Crippen LogP contribution in [0.25, 0.3) is 0 Å². The van der Waals surface area contributed by atoms with Crippen molar-refractivity contribution >= 4 is 5.78 Å². The lowest BCUT2D eigenvalue weighted by Crippen LogP contribution is -2.46. The number of halogens is 3. The smallest absolute Gasteiger partial charge is 0.300 e. The summed E-state index contributed by atoms with van der Waals surface area (Å²) in [6.07, 6.45) is -4.40. The Morgan fingerprint density at radius 1 is 0.852 bits per heavy atom. The summed E-state index contributed by atoms with van der Waals surface area (Å²) in [7, 11) is 0. The first kappa shape index (κ1) is 19.6. The van der Waals surface area contributed by atoms with Gasteiger partial charge in [0.15, 0.2) is 5.78 Å². The fraction of sp³-hybridized carbons (Fsp3) is 0.381. The van der Waals surface area contributed by atoms with Gasteiger partial charge in [-0.15, -0.1) is 0 Å². The lowest BCUT2D eigenvalue weighted by molar-refractivity contribution is -0.137. The summed E-state index contributed by atoms with van der Waals surface area (Å²) in [5, 5.41) is 0. The Kier molecular flexibility index (Phi) is 6.29. The van der Waals surface area contributed by atoms with E-state index in [1.165, 1.54) is 23.8 Å². The molecule has 27 heavy (non-hydrogen) atoms. The molecule has 0 bridgehead atoms. The van der Waals surface area contributed by atoms with Crippen LogP contribution in [-0.4, -0.2) is 48.3 Å². The molecule has 0 N–H and O–H groups in total. The number of carbonyl (C=O) groups is 1. The molecule has 1 heterocycles. The zero-order valence-electron chi connectivity index (χ0n) is 15.1. The molecule has 2 aromatic carbocycles. The number of nitrogens with zero attached hydrogens (tertiary/aromatic N) is 2. The molecule has 0 amide bonds. The van der Waals surface area contributed by atoms with Gasteiger partial charge >= 0.3 is 6.18 Å². The molecular weight excluding hydrogens is 353 g/mol. The Bertz CT molecular complexity index is 754. The molecule has 3 nitrogen and oxygen atoms in total. The maximum absolute atomic E-state index is 13.1. The molecule has 6 heteroatoms. The van der Waals surface area contributed by atoms with E-state index in [9.17, 15) is 18.0 Å². The number of hydrogen-bond acceptors (Lipinski definition) is 3. The van der Waals surface area contributed by atoms with Crippen molar-refractivity contribution in [3.63, 3.8) is 0 Å². The minimum absolute atomic E-state index is 0.103. The highest BCUT2D eigenvalue weighted by molar-refractivity contribution is 5.97. The van der Waals surface area contributed by atoms with Gasteiger partial charge in [0.25, 0.3) is 0 Å². The zero-order chi connectivity index (χ0) is 19.3. The van der Waals surface area contributed by atoms with Crippen LogP contribution in [0.5, 0.6) is 0 Å². The quantitative estimate of drug-likeness (QED) is 0.710.